The smallest absolute Gasteiger partial charge is 0.119 e. The van der Waals surface area contributed by atoms with Gasteiger partial charge in [0.2, 0.25) is 0 Å². The van der Waals surface area contributed by atoms with Crippen LogP contribution in [0.3, 0.4) is 0 Å². The van der Waals surface area contributed by atoms with Gasteiger partial charge in [-0.3, -0.25) is 0 Å². The van der Waals surface area contributed by atoms with Gasteiger partial charge in [-0.05, 0) is 156 Å². The zero-order chi connectivity index (χ0) is 51.3. The van der Waals surface area contributed by atoms with Crippen LogP contribution in [0.5, 0.6) is 5.75 Å². The predicted octanol–water partition coefficient (Wildman–Crippen LogP) is 18.9. The average Bonchev–Trinajstić information content (AvgIpc) is 3.91. The highest BCUT2D eigenvalue weighted by Crippen LogP contribution is 2.60. The minimum absolute atomic E-state index is 0.124. The zero-order valence-electron chi connectivity index (χ0n) is 44.1. The maximum atomic E-state index is 6.58. The Morgan fingerprint density at radius 1 is 0.400 bits per heavy atom. The lowest BCUT2D eigenvalue weighted by Gasteiger charge is -2.36. The number of ether oxygens (including phenoxy) is 1. The Morgan fingerprint density at radius 2 is 0.827 bits per heavy atom. The van der Waals surface area contributed by atoms with Crippen molar-refractivity contribution in [3.63, 3.8) is 0 Å². The van der Waals surface area contributed by atoms with Crippen molar-refractivity contribution in [2.24, 2.45) is 5.92 Å². The zero-order valence-corrected chi connectivity index (χ0v) is 44.1. The molecule has 2 aliphatic rings. The lowest BCUT2D eigenvalue weighted by Crippen LogP contribution is -2.29. The molecule has 2 heteroatoms. The van der Waals surface area contributed by atoms with E-state index in [9.17, 15) is 0 Å². The van der Waals surface area contributed by atoms with Gasteiger partial charge in [0.25, 0.3) is 0 Å². The van der Waals surface area contributed by atoms with Gasteiger partial charge in [-0.1, -0.05) is 242 Å². The van der Waals surface area contributed by atoms with Crippen molar-refractivity contribution in [3.8, 4) is 28.0 Å². The van der Waals surface area contributed by atoms with Gasteiger partial charge in [0.05, 0.1) is 10.8 Å². The quantitative estimate of drug-likeness (QED) is 0.108. The van der Waals surface area contributed by atoms with Gasteiger partial charge in [-0.2, -0.15) is 0 Å². The molecule has 12 rings (SSSR count). The third-order valence-electron chi connectivity index (χ3n) is 16.4. The summed E-state index contributed by atoms with van der Waals surface area (Å²) in [7, 11) is 0. The molecule has 0 aromatic heterocycles. The molecule has 10 aromatic carbocycles. The van der Waals surface area contributed by atoms with E-state index in [0.717, 1.165) is 34.8 Å². The van der Waals surface area contributed by atoms with Gasteiger partial charge in [0, 0.05) is 17.1 Å². The van der Waals surface area contributed by atoms with Crippen LogP contribution in [0.4, 0.5) is 17.1 Å². The number of nitrogens with zero attached hydrogens (tertiary/aromatic N) is 1. The molecule has 2 aliphatic carbocycles. The number of fused-ring (bicyclic) bond motifs is 6. The molecule has 0 amide bonds. The largest absolute Gasteiger partial charge is 0.489 e. The Balaban J connectivity index is 1.01. The van der Waals surface area contributed by atoms with Crippen LogP contribution in [-0.4, -0.2) is 0 Å². The SMILES string of the molecule is CC(C)CC(C)(C)c1ccc(COc2ccc(C3(c4ccc(C(C)C)cc4)c4ccccc4-c4ccc(N(c5ccccc5)c5ccc6c(c5)C(c5ccccc5)(c5ccccc5)c5ccccc5-6)cc43)cc2)cc1. The second-order valence-corrected chi connectivity index (χ2v) is 22.2. The monoisotopic (exact) mass is 972 g/mol. The molecule has 10 aromatic rings. The molecule has 0 N–H and O–H groups in total. The van der Waals surface area contributed by atoms with Crippen molar-refractivity contribution in [1.82, 2.24) is 0 Å². The Kier molecular flexibility index (Phi) is 12.3. The molecule has 0 aliphatic heterocycles. The highest BCUT2D eigenvalue weighted by Gasteiger charge is 2.48. The molecule has 0 spiro atoms. The molecule has 2 nitrogen and oxygen atoms in total. The van der Waals surface area contributed by atoms with Crippen LogP contribution in [0.25, 0.3) is 22.3 Å². The molecular weight excluding hydrogens is 907 g/mol. The van der Waals surface area contributed by atoms with E-state index >= 15 is 0 Å². The predicted molar refractivity (Wildman–Crippen MR) is 313 cm³/mol. The van der Waals surface area contributed by atoms with Crippen molar-refractivity contribution < 1.29 is 4.74 Å². The molecule has 0 heterocycles. The van der Waals surface area contributed by atoms with Crippen molar-refractivity contribution >= 4 is 17.1 Å². The first-order valence-corrected chi connectivity index (χ1v) is 27.0. The first-order valence-electron chi connectivity index (χ1n) is 27.0. The van der Waals surface area contributed by atoms with Crippen LogP contribution in [0.1, 0.15) is 115 Å². The summed E-state index contributed by atoms with van der Waals surface area (Å²) in [6, 6.07) is 92.9. The van der Waals surface area contributed by atoms with Gasteiger partial charge in [0.15, 0.2) is 0 Å². The first kappa shape index (κ1) is 47.8. The van der Waals surface area contributed by atoms with Gasteiger partial charge < -0.3 is 9.64 Å². The summed E-state index contributed by atoms with van der Waals surface area (Å²) in [5, 5.41) is 0. The summed E-state index contributed by atoms with van der Waals surface area (Å²) >= 11 is 0. The van der Waals surface area contributed by atoms with Crippen LogP contribution in [-0.2, 0) is 22.9 Å². The molecule has 0 radical (unpaired) electrons. The Hall–Kier alpha value is -8.20. The summed E-state index contributed by atoms with van der Waals surface area (Å²) < 4.78 is 6.58. The van der Waals surface area contributed by atoms with Crippen LogP contribution in [0, 0.1) is 5.92 Å². The lowest BCUT2D eigenvalue weighted by atomic mass is 9.67. The Bertz CT molecular complexity index is 3590. The molecule has 0 saturated heterocycles. The van der Waals surface area contributed by atoms with E-state index < -0.39 is 10.8 Å². The maximum absolute atomic E-state index is 6.58. The number of hydrogen-bond donors (Lipinski definition) is 0. The fourth-order valence-electron chi connectivity index (χ4n) is 13.1. The molecular formula is C73H65NO. The molecule has 0 bridgehead atoms. The summed E-state index contributed by atoms with van der Waals surface area (Å²) in [6.07, 6.45) is 1.15. The van der Waals surface area contributed by atoms with E-state index in [2.05, 4.69) is 295 Å². The van der Waals surface area contributed by atoms with Crippen LogP contribution < -0.4 is 9.64 Å². The fraction of sp³-hybridized carbons (Fsp3) is 0.178. The normalized spacial score (nSPS) is 15.0. The first-order chi connectivity index (χ1) is 36.6. The topological polar surface area (TPSA) is 12.5 Å². The molecule has 1 unspecified atom stereocenters. The minimum Gasteiger partial charge on any atom is -0.489 e. The summed E-state index contributed by atoms with van der Waals surface area (Å²) in [4.78, 5) is 2.47. The molecule has 0 saturated carbocycles. The average molecular weight is 972 g/mol. The second kappa shape index (κ2) is 19.3. The van der Waals surface area contributed by atoms with Crippen LogP contribution in [0.2, 0.25) is 0 Å². The van der Waals surface area contributed by atoms with Crippen LogP contribution >= 0.6 is 0 Å². The van der Waals surface area contributed by atoms with E-state index in [1.54, 1.807) is 0 Å². The van der Waals surface area contributed by atoms with E-state index in [1.165, 1.54) is 77.9 Å². The number of hydrogen-bond acceptors (Lipinski definition) is 2. The van der Waals surface area contributed by atoms with Crippen molar-refractivity contribution in [3.05, 3.63) is 310 Å². The summed E-state index contributed by atoms with van der Waals surface area (Å²) in [5.74, 6) is 1.90. The molecule has 368 valence electrons. The second-order valence-electron chi connectivity index (χ2n) is 22.2. The highest BCUT2D eigenvalue weighted by molar-refractivity contribution is 5.92. The number of rotatable bonds is 14. The Morgan fingerprint density at radius 3 is 1.31 bits per heavy atom. The standard InChI is InChI=1S/C73H65NO/c1-50(2)48-71(5,6)54-34-30-52(31-35-54)49-75-62-42-38-58(39-43-62)73(57-36-32-53(33-37-57)51(3)4)68-29-19-17-27-64(68)66-45-41-61(47-70(66)73)74(59-24-14-9-15-25-59)60-40-44-65-63-26-16-18-28-67(63)72(69(65)46-60,55-20-10-7-11-21-55)56-22-12-8-13-23-56/h7-47,50-51H,48-49H2,1-6H3. The van der Waals surface area contributed by atoms with Crippen molar-refractivity contribution in [2.75, 3.05) is 4.90 Å². The Labute approximate surface area is 445 Å². The van der Waals surface area contributed by atoms with E-state index in [0.29, 0.717) is 18.4 Å². The molecule has 75 heavy (non-hydrogen) atoms. The number of benzene rings is 10. The van der Waals surface area contributed by atoms with Gasteiger partial charge in [0.1, 0.15) is 12.4 Å². The fourth-order valence-corrected chi connectivity index (χ4v) is 13.1. The van der Waals surface area contributed by atoms with Gasteiger partial charge in [-0.25, -0.2) is 0 Å². The lowest BCUT2D eigenvalue weighted by molar-refractivity contribution is 0.306. The molecule has 1 atom stereocenters. The van der Waals surface area contributed by atoms with Gasteiger partial charge >= 0.3 is 0 Å². The molecule has 0 fully saturated rings. The van der Waals surface area contributed by atoms with Crippen LogP contribution in [0.15, 0.2) is 249 Å². The van der Waals surface area contributed by atoms with E-state index in [-0.39, 0.29) is 5.41 Å². The van der Waals surface area contributed by atoms with Crippen molar-refractivity contribution in [2.45, 2.75) is 76.7 Å². The van der Waals surface area contributed by atoms with E-state index in [1.807, 2.05) is 0 Å². The highest BCUT2D eigenvalue weighted by atomic mass is 16.5. The third kappa shape index (κ3) is 8.10. The number of para-hydroxylation sites is 1. The maximum Gasteiger partial charge on any atom is 0.119 e. The third-order valence-corrected chi connectivity index (χ3v) is 16.4. The summed E-state index contributed by atoms with van der Waals surface area (Å²) in [6.45, 7) is 14.4. The summed E-state index contributed by atoms with van der Waals surface area (Å²) in [5.41, 5.74) is 21.2. The number of anilines is 3. The van der Waals surface area contributed by atoms with Gasteiger partial charge in [-0.15, -0.1) is 0 Å². The van der Waals surface area contributed by atoms with Crippen molar-refractivity contribution in [1.29, 1.82) is 0 Å². The van der Waals surface area contributed by atoms with E-state index in [4.69, 9.17) is 4.74 Å². The minimum atomic E-state index is -0.633.